The molecule has 0 aliphatic heterocycles. The molecular formula is C9H12FNO2. The van der Waals surface area contributed by atoms with Crippen molar-refractivity contribution in [1.29, 1.82) is 5.26 Å². The molecule has 13 heavy (non-hydrogen) atoms. The highest BCUT2D eigenvalue weighted by Gasteiger charge is 2.79. The lowest BCUT2D eigenvalue weighted by molar-refractivity contribution is -0.149. The molecule has 1 aliphatic rings. The van der Waals surface area contributed by atoms with Crippen LogP contribution in [0.15, 0.2) is 0 Å². The number of rotatable bonds is 2. The summed E-state index contributed by atoms with van der Waals surface area (Å²) < 4.78 is 17.9. The van der Waals surface area contributed by atoms with Crippen LogP contribution in [0, 0.1) is 22.2 Å². The molecule has 0 aromatic heterocycles. The van der Waals surface area contributed by atoms with Gasteiger partial charge in [0, 0.05) is 5.41 Å². The number of halogens is 1. The van der Waals surface area contributed by atoms with Gasteiger partial charge in [-0.15, -0.1) is 0 Å². The zero-order chi connectivity index (χ0) is 10.3. The molecule has 2 atom stereocenters. The molecule has 0 N–H and O–H groups in total. The van der Waals surface area contributed by atoms with Crippen molar-refractivity contribution >= 4 is 5.97 Å². The summed E-state index contributed by atoms with van der Waals surface area (Å²) in [5.74, 6) is -0.741. The van der Waals surface area contributed by atoms with E-state index in [9.17, 15) is 9.18 Å². The molecule has 0 saturated heterocycles. The third kappa shape index (κ3) is 0.963. The third-order valence-electron chi connectivity index (χ3n) is 2.72. The van der Waals surface area contributed by atoms with Crippen LogP contribution >= 0.6 is 0 Å². The average Bonchev–Trinajstić information content (AvgIpc) is 2.48. The van der Waals surface area contributed by atoms with Crippen molar-refractivity contribution in [2.24, 2.45) is 10.8 Å². The van der Waals surface area contributed by atoms with Crippen LogP contribution < -0.4 is 0 Å². The second-order valence-electron chi connectivity index (χ2n) is 3.72. The summed E-state index contributed by atoms with van der Waals surface area (Å²) in [7, 11) is 0. The molecule has 2 unspecified atom stereocenters. The summed E-state index contributed by atoms with van der Waals surface area (Å²) in [5.41, 5.74) is -2.48. The minimum Gasteiger partial charge on any atom is -0.465 e. The first kappa shape index (κ1) is 9.97. The van der Waals surface area contributed by atoms with Crippen LogP contribution in [0.3, 0.4) is 0 Å². The van der Waals surface area contributed by atoms with Gasteiger partial charge in [0.2, 0.25) is 0 Å². The van der Waals surface area contributed by atoms with Crippen LogP contribution in [-0.2, 0) is 9.53 Å². The maximum atomic E-state index is 13.3. The van der Waals surface area contributed by atoms with E-state index in [-0.39, 0.29) is 6.61 Å². The number of nitrogens with zero attached hydrogens (tertiary/aromatic N) is 1. The van der Waals surface area contributed by atoms with Crippen LogP contribution in [0.2, 0.25) is 0 Å². The van der Waals surface area contributed by atoms with Gasteiger partial charge in [0.25, 0.3) is 0 Å². The molecule has 0 amide bonds. The van der Waals surface area contributed by atoms with Gasteiger partial charge in [-0.2, -0.15) is 5.26 Å². The van der Waals surface area contributed by atoms with E-state index in [4.69, 9.17) is 5.26 Å². The molecule has 1 saturated carbocycles. The molecule has 1 aliphatic carbocycles. The number of carbonyl (C=O) groups is 1. The number of nitriles is 1. The molecule has 1 rings (SSSR count). The first-order valence-corrected chi connectivity index (χ1v) is 4.17. The Hall–Kier alpha value is -1.11. The SMILES string of the molecule is CCOC(=O)C1(C#N)C(F)C1(C)C. The molecule has 0 bridgehead atoms. The van der Waals surface area contributed by atoms with E-state index in [1.54, 1.807) is 26.8 Å². The monoisotopic (exact) mass is 185 g/mol. The molecule has 0 heterocycles. The summed E-state index contributed by atoms with van der Waals surface area (Å²) in [5, 5.41) is 8.77. The normalized spacial score (nSPS) is 34.8. The summed E-state index contributed by atoms with van der Waals surface area (Å²) >= 11 is 0. The minimum atomic E-state index is -1.57. The van der Waals surface area contributed by atoms with Crippen LogP contribution in [-0.4, -0.2) is 18.7 Å². The summed E-state index contributed by atoms with van der Waals surface area (Å²) in [4.78, 5) is 11.3. The van der Waals surface area contributed by atoms with Crippen molar-refractivity contribution in [3.63, 3.8) is 0 Å². The van der Waals surface area contributed by atoms with Gasteiger partial charge in [-0.1, -0.05) is 13.8 Å². The number of carbonyl (C=O) groups excluding carboxylic acids is 1. The van der Waals surface area contributed by atoms with Gasteiger partial charge >= 0.3 is 5.97 Å². The van der Waals surface area contributed by atoms with Crippen molar-refractivity contribution in [1.82, 2.24) is 0 Å². The van der Waals surface area contributed by atoms with Gasteiger partial charge in [-0.05, 0) is 6.92 Å². The zero-order valence-electron chi connectivity index (χ0n) is 7.93. The van der Waals surface area contributed by atoms with Crippen LogP contribution in [0.5, 0.6) is 0 Å². The van der Waals surface area contributed by atoms with E-state index in [0.717, 1.165) is 0 Å². The van der Waals surface area contributed by atoms with Gasteiger partial charge in [0.05, 0.1) is 12.7 Å². The fraction of sp³-hybridized carbons (Fsp3) is 0.778. The number of hydrogen-bond acceptors (Lipinski definition) is 3. The second-order valence-corrected chi connectivity index (χ2v) is 3.72. The Bertz CT molecular complexity index is 282. The quantitative estimate of drug-likeness (QED) is 0.611. The number of esters is 1. The largest absolute Gasteiger partial charge is 0.465 e. The Balaban J connectivity index is 2.89. The van der Waals surface area contributed by atoms with Crippen LogP contribution in [0.4, 0.5) is 4.39 Å². The van der Waals surface area contributed by atoms with E-state index < -0.39 is 23.0 Å². The van der Waals surface area contributed by atoms with Gasteiger partial charge in [-0.25, -0.2) is 4.39 Å². The van der Waals surface area contributed by atoms with E-state index >= 15 is 0 Å². The van der Waals surface area contributed by atoms with Crippen molar-refractivity contribution in [3.8, 4) is 6.07 Å². The Morgan fingerprint density at radius 3 is 2.38 bits per heavy atom. The Morgan fingerprint density at radius 2 is 2.15 bits per heavy atom. The Morgan fingerprint density at radius 1 is 1.69 bits per heavy atom. The van der Waals surface area contributed by atoms with Crippen molar-refractivity contribution in [2.75, 3.05) is 6.61 Å². The first-order valence-electron chi connectivity index (χ1n) is 4.17. The van der Waals surface area contributed by atoms with E-state index in [0.29, 0.717) is 0 Å². The summed E-state index contributed by atoms with van der Waals surface area (Å²) in [6.45, 7) is 4.91. The molecule has 3 nitrogen and oxygen atoms in total. The molecule has 4 heteroatoms. The molecule has 0 radical (unpaired) electrons. The van der Waals surface area contributed by atoms with E-state index in [2.05, 4.69) is 4.74 Å². The lowest BCUT2D eigenvalue weighted by Gasteiger charge is -2.08. The summed E-state index contributed by atoms with van der Waals surface area (Å²) in [6, 6.07) is 1.73. The van der Waals surface area contributed by atoms with Gasteiger partial charge in [0.1, 0.15) is 6.17 Å². The number of hydrogen-bond donors (Lipinski definition) is 0. The Kier molecular flexibility index (Phi) is 2.07. The molecule has 0 aromatic carbocycles. The maximum absolute atomic E-state index is 13.3. The zero-order valence-corrected chi connectivity index (χ0v) is 7.93. The van der Waals surface area contributed by atoms with Crippen molar-refractivity contribution < 1.29 is 13.9 Å². The predicted molar refractivity (Wildman–Crippen MR) is 43.4 cm³/mol. The minimum absolute atomic E-state index is 0.172. The van der Waals surface area contributed by atoms with E-state index in [1.807, 2.05) is 0 Å². The standard InChI is InChI=1S/C9H12FNO2/c1-4-13-7(12)9(5-11)6(10)8(9,2)3/h6H,4H2,1-3H3. The second kappa shape index (κ2) is 2.69. The van der Waals surface area contributed by atoms with Gasteiger partial charge in [-0.3, -0.25) is 4.79 Å². The third-order valence-corrected chi connectivity index (χ3v) is 2.72. The fourth-order valence-corrected chi connectivity index (χ4v) is 1.56. The first-order chi connectivity index (χ1) is 5.95. The number of alkyl halides is 1. The lowest BCUT2D eigenvalue weighted by Crippen LogP contribution is -2.23. The molecule has 0 aromatic rings. The van der Waals surface area contributed by atoms with Crippen LogP contribution in [0.25, 0.3) is 0 Å². The highest BCUT2D eigenvalue weighted by atomic mass is 19.1. The molecular weight excluding hydrogens is 173 g/mol. The topological polar surface area (TPSA) is 50.1 Å². The summed E-state index contributed by atoms with van der Waals surface area (Å²) in [6.07, 6.45) is -1.41. The molecule has 0 spiro atoms. The smallest absolute Gasteiger partial charge is 0.330 e. The van der Waals surface area contributed by atoms with Crippen molar-refractivity contribution in [3.05, 3.63) is 0 Å². The van der Waals surface area contributed by atoms with Crippen LogP contribution in [0.1, 0.15) is 20.8 Å². The van der Waals surface area contributed by atoms with E-state index in [1.165, 1.54) is 0 Å². The van der Waals surface area contributed by atoms with Crippen molar-refractivity contribution in [2.45, 2.75) is 26.9 Å². The van der Waals surface area contributed by atoms with Gasteiger partial charge in [0.15, 0.2) is 5.41 Å². The lowest BCUT2D eigenvalue weighted by atomic mass is 9.98. The predicted octanol–water partition coefficient (Wildman–Crippen LogP) is 1.44. The number of ether oxygens (including phenoxy) is 1. The Labute approximate surface area is 76.5 Å². The average molecular weight is 185 g/mol. The molecule has 72 valence electrons. The molecule has 1 fully saturated rings. The van der Waals surface area contributed by atoms with Gasteiger partial charge < -0.3 is 4.74 Å². The maximum Gasteiger partial charge on any atom is 0.330 e. The fourth-order valence-electron chi connectivity index (χ4n) is 1.56. The highest BCUT2D eigenvalue weighted by molar-refractivity contribution is 5.87. The highest BCUT2D eigenvalue weighted by Crippen LogP contribution is 2.65.